The molecule has 3 N–H and O–H groups in total. The second-order valence-corrected chi connectivity index (χ2v) is 23.1. The summed E-state index contributed by atoms with van der Waals surface area (Å²) in [6, 6.07) is 37.4. The van der Waals surface area contributed by atoms with E-state index in [-0.39, 0.29) is 61.2 Å². The Morgan fingerprint density at radius 2 is 1.69 bits per heavy atom. The predicted molar refractivity (Wildman–Crippen MR) is 248 cm³/mol. The molecule has 1 spiro atoms. The van der Waals surface area contributed by atoms with E-state index in [9.17, 15) is 14.7 Å². The van der Waals surface area contributed by atoms with Gasteiger partial charge in [-0.1, -0.05) is 108 Å². The second kappa shape index (κ2) is 16.6. The first-order valence-corrected chi connectivity index (χ1v) is 25.1. The topological polar surface area (TPSA) is 124 Å². The fourth-order valence-electron chi connectivity index (χ4n) is 10.5. The van der Waals surface area contributed by atoms with Crippen LogP contribution in [0.25, 0.3) is 10.9 Å². The molecular formula is C50H51BrN4O6Si. The van der Waals surface area contributed by atoms with Crippen LogP contribution in [0.5, 0.6) is 5.75 Å². The molecular weight excluding hydrogens is 861 g/mol. The van der Waals surface area contributed by atoms with Crippen molar-refractivity contribution in [2.75, 3.05) is 23.9 Å². The van der Waals surface area contributed by atoms with Crippen molar-refractivity contribution < 1.29 is 29.0 Å². The van der Waals surface area contributed by atoms with Crippen molar-refractivity contribution in [1.82, 2.24) is 9.88 Å². The number of aromatic nitrogens is 1. The summed E-state index contributed by atoms with van der Waals surface area (Å²) < 4.78 is 13.7. The molecule has 1 fully saturated rings. The summed E-state index contributed by atoms with van der Waals surface area (Å²) in [4.78, 5) is 50.1. The molecule has 9 rings (SSSR count). The highest BCUT2D eigenvalue weighted by molar-refractivity contribution is 9.10. The van der Waals surface area contributed by atoms with Crippen LogP contribution in [0.2, 0.25) is 18.6 Å². The molecule has 3 aliphatic rings. The molecule has 62 heavy (non-hydrogen) atoms. The Hall–Kier alpha value is -5.53. The van der Waals surface area contributed by atoms with E-state index in [1.807, 2.05) is 113 Å². The fraction of sp³-hybridized carbons (Fsp3) is 0.300. The van der Waals surface area contributed by atoms with Crippen LogP contribution in [0, 0.1) is 5.92 Å². The van der Waals surface area contributed by atoms with Gasteiger partial charge in [0.1, 0.15) is 5.75 Å². The number of halogens is 1. The standard InChI is InChI=1S/C50H51BrN4O6Si/c1-31-48(62(3,4)40-20-18-39(60-2)19-21-40)45(26-47(58)54-29-34-10-6-5-9-33(34)23-38(54)30-56)61-50(31)42-25-36(51)15-22-44(42)55(49(50)59)28-32-13-16-37(17-14-32)53-46(57)24-35-27-52-43-12-8-7-11-41(35)43/h5-22,25,27,31,38,45,48,52,56H,23-24,26,28-30H2,1-4H3,(H,53,57)/t31-,38+,45+,48-,50+/m1/s1. The van der Waals surface area contributed by atoms with Crippen LogP contribution in [0.3, 0.4) is 0 Å². The first-order chi connectivity index (χ1) is 29.9. The second-order valence-electron chi connectivity index (χ2n) is 17.5. The number of benzene rings is 5. The third kappa shape index (κ3) is 7.36. The van der Waals surface area contributed by atoms with Crippen LogP contribution < -0.4 is 20.1 Å². The van der Waals surface area contributed by atoms with Crippen LogP contribution in [0.4, 0.5) is 11.4 Å². The first kappa shape index (κ1) is 41.8. The molecule has 0 bridgehead atoms. The molecule has 3 amide bonds. The highest BCUT2D eigenvalue weighted by Crippen LogP contribution is 2.60. The number of rotatable bonds is 11. The minimum absolute atomic E-state index is 0.0755. The van der Waals surface area contributed by atoms with Gasteiger partial charge >= 0.3 is 0 Å². The van der Waals surface area contributed by atoms with E-state index < -0.39 is 19.8 Å². The number of hydrogen-bond acceptors (Lipinski definition) is 6. The average Bonchev–Trinajstić information content (AvgIpc) is 3.89. The van der Waals surface area contributed by atoms with E-state index in [4.69, 9.17) is 9.47 Å². The van der Waals surface area contributed by atoms with E-state index in [1.165, 1.54) is 5.19 Å². The maximum Gasteiger partial charge on any atom is 0.264 e. The molecule has 0 aliphatic carbocycles. The molecule has 12 heteroatoms. The number of carbonyl (C=O) groups is 3. The summed E-state index contributed by atoms with van der Waals surface area (Å²) >= 11 is 3.71. The van der Waals surface area contributed by atoms with Crippen molar-refractivity contribution in [2.24, 2.45) is 5.92 Å². The zero-order valence-corrected chi connectivity index (χ0v) is 37.9. The third-order valence-electron chi connectivity index (χ3n) is 13.7. The number of nitrogens with one attached hydrogen (secondary N) is 2. The summed E-state index contributed by atoms with van der Waals surface area (Å²) in [7, 11) is -0.882. The van der Waals surface area contributed by atoms with Crippen LogP contribution in [0.15, 0.2) is 126 Å². The highest BCUT2D eigenvalue weighted by atomic mass is 79.9. The lowest BCUT2D eigenvalue weighted by atomic mass is 9.82. The largest absolute Gasteiger partial charge is 0.497 e. The lowest BCUT2D eigenvalue weighted by Gasteiger charge is -2.39. The summed E-state index contributed by atoms with van der Waals surface area (Å²) in [5, 5.41) is 15.8. The number of H-pyrrole nitrogens is 1. The van der Waals surface area contributed by atoms with Crippen molar-refractivity contribution in [2.45, 2.75) is 75.7 Å². The summed E-state index contributed by atoms with van der Waals surface area (Å²) in [5.41, 5.74) is 5.75. The molecule has 3 aliphatic heterocycles. The average molecular weight is 912 g/mol. The minimum atomic E-state index is -2.54. The zero-order chi connectivity index (χ0) is 43.3. The normalized spacial score (nSPS) is 21.9. The van der Waals surface area contributed by atoms with E-state index >= 15 is 4.79 Å². The van der Waals surface area contributed by atoms with Crippen molar-refractivity contribution in [3.63, 3.8) is 0 Å². The van der Waals surface area contributed by atoms with Gasteiger partial charge in [-0.2, -0.15) is 0 Å². The number of aliphatic hydroxyl groups is 1. The van der Waals surface area contributed by atoms with Crippen molar-refractivity contribution >= 4 is 69.2 Å². The van der Waals surface area contributed by atoms with E-state index in [1.54, 1.807) is 7.11 Å². The van der Waals surface area contributed by atoms with E-state index in [0.717, 1.165) is 54.6 Å². The van der Waals surface area contributed by atoms with Gasteiger partial charge in [0.05, 0.1) is 59.0 Å². The quantitative estimate of drug-likeness (QED) is 0.113. The lowest BCUT2D eigenvalue weighted by Crippen LogP contribution is -2.52. The van der Waals surface area contributed by atoms with Gasteiger partial charge in [0.2, 0.25) is 11.8 Å². The number of para-hydroxylation sites is 1. The maximum atomic E-state index is 15.4. The molecule has 0 unspecified atom stereocenters. The monoisotopic (exact) mass is 910 g/mol. The van der Waals surface area contributed by atoms with Gasteiger partial charge in [-0.25, -0.2) is 0 Å². The smallest absolute Gasteiger partial charge is 0.264 e. The first-order valence-electron chi connectivity index (χ1n) is 21.3. The van der Waals surface area contributed by atoms with Gasteiger partial charge in [0.25, 0.3) is 5.91 Å². The Labute approximate surface area is 371 Å². The van der Waals surface area contributed by atoms with Crippen molar-refractivity contribution in [1.29, 1.82) is 0 Å². The van der Waals surface area contributed by atoms with Crippen LogP contribution in [-0.4, -0.2) is 66.6 Å². The number of amides is 3. The Kier molecular flexibility index (Phi) is 11.2. The Morgan fingerprint density at radius 1 is 0.968 bits per heavy atom. The number of ether oxygens (including phenoxy) is 2. The van der Waals surface area contributed by atoms with Gasteiger partial charge in [-0.15, -0.1) is 0 Å². The Balaban J connectivity index is 1.01. The Morgan fingerprint density at radius 3 is 2.44 bits per heavy atom. The SMILES string of the molecule is COc1ccc([Si](C)(C)[C@H]2[C@H](CC(=O)N3Cc4ccccc4C[C@H]3CO)O[C@@]3(C(=O)N(Cc4ccc(NC(=O)Cc5c[nH]c6ccccc56)cc4)c4ccc(Br)cc43)[C@@H]2C)cc1. The highest BCUT2D eigenvalue weighted by Gasteiger charge is 2.66. The number of carbonyl (C=O) groups excluding carboxylic acids is 3. The molecule has 318 valence electrons. The molecule has 1 aromatic heterocycles. The minimum Gasteiger partial charge on any atom is -0.497 e. The van der Waals surface area contributed by atoms with Gasteiger partial charge in [-0.3, -0.25) is 14.4 Å². The predicted octanol–water partition coefficient (Wildman–Crippen LogP) is 8.22. The van der Waals surface area contributed by atoms with E-state index in [0.29, 0.717) is 18.7 Å². The maximum absolute atomic E-state index is 15.4. The summed E-state index contributed by atoms with van der Waals surface area (Å²) in [6.07, 6.45) is 2.18. The number of nitrogens with zero attached hydrogens (tertiary/aromatic N) is 2. The number of fused-ring (bicyclic) bond motifs is 4. The van der Waals surface area contributed by atoms with Crippen molar-refractivity contribution in [3.8, 4) is 5.75 Å². The lowest BCUT2D eigenvalue weighted by molar-refractivity contribution is -0.151. The Bertz CT molecular complexity index is 2670. The molecule has 6 aromatic rings. The van der Waals surface area contributed by atoms with Crippen LogP contribution in [-0.2, 0) is 50.7 Å². The number of methoxy groups -OCH3 is 1. The summed E-state index contributed by atoms with van der Waals surface area (Å²) in [5.74, 6) is 0.0856. The molecule has 1 saturated heterocycles. The zero-order valence-electron chi connectivity index (χ0n) is 35.4. The van der Waals surface area contributed by atoms with Gasteiger partial charge in [0, 0.05) is 45.3 Å². The third-order valence-corrected chi connectivity index (χ3v) is 18.5. The van der Waals surface area contributed by atoms with E-state index in [2.05, 4.69) is 64.4 Å². The molecule has 4 heterocycles. The number of aliphatic hydroxyl groups excluding tert-OH is 1. The number of aromatic amines is 1. The van der Waals surface area contributed by atoms with Gasteiger partial charge in [0.15, 0.2) is 5.60 Å². The fourth-order valence-corrected chi connectivity index (χ4v) is 14.9. The summed E-state index contributed by atoms with van der Waals surface area (Å²) in [6.45, 7) is 7.29. The molecule has 10 nitrogen and oxygen atoms in total. The molecule has 0 saturated carbocycles. The molecule has 5 aromatic carbocycles. The van der Waals surface area contributed by atoms with Gasteiger partial charge < -0.3 is 34.7 Å². The number of anilines is 2. The van der Waals surface area contributed by atoms with Crippen LogP contribution >= 0.6 is 15.9 Å². The number of hydrogen-bond donors (Lipinski definition) is 3. The van der Waals surface area contributed by atoms with Crippen LogP contribution in [0.1, 0.15) is 41.2 Å². The van der Waals surface area contributed by atoms with Gasteiger partial charge in [-0.05, 0) is 82.7 Å². The van der Waals surface area contributed by atoms with Crippen molar-refractivity contribution in [3.05, 3.63) is 154 Å². The molecule has 5 atom stereocenters. The molecule has 0 radical (unpaired) electrons.